The fourth-order valence-corrected chi connectivity index (χ4v) is 3.95. The summed E-state index contributed by atoms with van der Waals surface area (Å²) in [6.45, 7) is 5.17. The minimum atomic E-state index is 0.472. The first-order chi connectivity index (χ1) is 9.66. The van der Waals surface area contributed by atoms with Gasteiger partial charge in [0, 0.05) is 0 Å². The Hall–Kier alpha value is -1.24. The second-order valence-electron chi connectivity index (χ2n) is 7.00. The first-order valence-corrected chi connectivity index (χ1v) is 8.00. The lowest BCUT2D eigenvalue weighted by atomic mass is 9.52. The van der Waals surface area contributed by atoms with E-state index in [4.69, 9.17) is 4.74 Å². The average Bonchev–Trinajstić information content (AvgIpc) is 2.49. The third-order valence-corrected chi connectivity index (χ3v) is 5.67. The summed E-state index contributed by atoms with van der Waals surface area (Å²) in [5, 5.41) is 0. The Balaban J connectivity index is 1.71. The van der Waals surface area contributed by atoms with E-state index in [1.165, 1.54) is 44.1 Å². The lowest BCUT2D eigenvalue weighted by Gasteiger charge is -2.52. The van der Waals surface area contributed by atoms with Gasteiger partial charge in [0.2, 0.25) is 0 Å². The summed E-state index contributed by atoms with van der Waals surface area (Å²) < 4.78 is 5.69. The van der Waals surface area contributed by atoms with E-state index >= 15 is 0 Å². The molecule has 0 atom stereocenters. The quantitative estimate of drug-likeness (QED) is 0.679. The van der Waals surface area contributed by atoms with E-state index in [1.54, 1.807) is 0 Å². The van der Waals surface area contributed by atoms with Crippen LogP contribution in [-0.4, -0.2) is 6.61 Å². The number of rotatable bonds is 4. The Morgan fingerprint density at radius 2 is 1.60 bits per heavy atom. The molecule has 0 saturated heterocycles. The van der Waals surface area contributed by atoms with Crippen LogP contribution >= 0.6 is 0 Å². The van der Waals surface area contributed by atoms with Crippen LogP contribution in [0.4, 0.5) is 0 Å². The van der Waals surface area contributed by atoms with Crippen molar-refractivity contribution >= 4 is 0 Å². The molecule has 1 heteroatoms. The van der Waals surface area contributed by atoms with Gasteiger partial charge in [-0.2, -0.15) is 0 Å². The van der Waals surface area contributed by atoms with E-state index in [0.29, 0.717) is 17.4 Å². The molecule has 0 radical (unpaired) electrons. The maximum atomic E-state index is 5.69. The molecule has 2 bridgehead atoms. The van der Waals surface area contributed by atoms with Gasteiger partial charge in [0.1, 0.15) is 12.4 Å². The molecule has 3 aliphatic carbocycles. The molecule has 3 fully saturated rings. The SMILES string of the molecule is C/C=C/COc1ccc(C23CCC(C)(CC2)CC3)cc1. The summed E-state index contributed by atoms with van der Waals surface area (Å²) >= 11 is 0. The molecular weight excluding hydrogens is 244 g/mol. The number of hydrogen-bond acceptors (Lipinski definition) is 1. The van der Waals surface area contributed by atoms with Crippen LogP contribution in [0.2, 0.25) is 0 Å². The van der Waals surface area contributed by atoms with E-state index in [-0.39, 0.29) is 0 Å². The zero-order valence-electron chi connectivity index (χ0n) is 12.8. The summed E-state index contributed by atoms with van der Waals surface area (Å²) in [4.78, 5) is 0. The Bertz CT molecular complexity index is 458. The number of ether oxygens (including phenoxy) is 1. The molecule has 0 heterocycles. The van der Waals surface area contributed by atoms with Gasteiger partial charge in [0.25, 0.3) is 0 Å². The van der Waals surface area contributed by atoms with Crippen molar-refractivity contribution in [2.45, 2.75) is 57.8 Å². The van der Waals surface area contributed by atoms with Gasteiger partial charge < -0.3 is 4.74 Å². The lowest BCUT2D eigenvalue weighted by Crippen LogP contribution is -2.42. The molecule has 108 valence electrons. The van der Waals surface area contributed by atoms with Crippen molar-refractivity contribution in [3.63, 3.8) is 0 Å². The summed E-state index contributed by atoms with van der Waals surface area (Å²) in [5.74, 6) is 0.986. The molecule has 1 aromatic rings. The van der Waals surface area contributed by atoms with E-state index in [0.717, 1.165) is 5.75 Å². The van der Waals surface area contributed by atoms with Gasteiger partial charge in [-0.15, -0.1) is 0 Å². The highest BCUT2D eigenvalue weighted by molar-refractivity contribution is 5.34. The molecule has 0 N–H and O–H groups in total. The predicted octanol–water partition coefficient (Wildman–Crippen LogP) is 5.25. The number of allylic oxidation sites excluding steroid dienone is 1. The highest BCUT2D eigenvalue weighted by atomic mass is 16.5. The first kappa shape index (κ1) is 13.7. The number of fused-ring (bicyclic) bond motifs is 3. The third kappa shape index (κ3) is 2.51. The molecule has 1 nitrogen and oxygen atoms in total. The smallest absolute Gasteiger partial charge is 0.119 e. The molecule has 4 rings (SSSR count). The van der Waals surface area contributed by atoms with Crippen LogP contribution in [-0.2, 0) is 5.41 Å². The van der Waals surface area contributed by atoms with Gasteiger partial charge in [0.15, 0.2) is 0 Å². The van der Waals surface area contributed by atoms with Crippen LogP contribution in [0.15, 0.2) is 36.4 Å². The first-order valence-electron chi connectivity index (χ1n) is 8.00. The molecule has 0 unspecified atom stereocenters. The summed E-state index contributed by atoms with van der Waals surface area (Å²) in [6, 6.07) is 8.91. The van der Waals surface area contributed by atoms with Crippen molar-refractivity contribution in [1.82, 2.24) is 0 Å². The van der Waals surface area contributed by atoms with Crippen molar-refractivity contribution in [1.29, 1.82) is 0 Å². The number of benzene rings is 1. The maximum absolute atomic E-state index is 5.69. The molecule has 3 saturated carbocycles. The van der Waals surface area contributed by atoms with Gasteiger partial charge in [0.05, 0.1) is 0 Å². The second kappa shape index (κ2) is 5.27. The average molecular weight is 270 g/mol. The molecule has 1 aromatic carbocycles. The molecular formula is C19H26O. The summed E-state index contributed by atoms with van der Waals surface area (Å²) in [5.41, 5.74) is 2.66. The van der Waals surface area contributed by atoms with Crippen LogP contribution < -0.4 is 4.74 Å². The minimum Gasteiger partial charge on any atom is -0.490 e. The second-order valence-corrected chi connectivity index (χ2v) is 7.00. The molecule has 3 aliphatic rings. The molecule has 0 spiro atoms. The fourth-order valence-electron chi connectivity index (χ4n) is 3.95. The Morgan fingerprint density at radius 1 is 1.00 bits per heavy atom. The maximum Gasteiger partial charge on any atom is 0.119 e. The predicted molar refractivity (Wildman–Crippen MR) is 84.2 cm³/mol. The standard InChI is InChI=1S/C19H26O/c1-3-4-15-20-17-7-5-16(6-8-17)19-12-9-18(2,10-13-19)11-14-19/h3-8H,9-15H2,1-2H3/b4-3+. The van der Waals surface area contributed by atoms with Crippen molar-refractivity contribution in [2.24, 2.45) is 5.41 Å². The van der Waals surface area contributed by atoms with Crippen molar-refractivity contribution in [3.8, 4) is 5.75 Å². The van der Waals surface area contributed by atoms with Crippen LogP contribution in [0, 0.1) is 5.41 Å². The van der Waals surface area contributed by atoms with Gasteiger partial charge in [-0.05, 0) is 74.0 Å². The molecule has 0 aliphatic heterocycles. The van der Waals surface area contributed by atoms with Gasteiger partial charge in [-0.3, -0.25) is 0 Å². The largest absolute Gasteiger partial charge is 0.490 e. The number of hydrogen-bond donors (Lipinski definition) is 0. The van der Waals surface area contributed by atoms with Crippen LogP contribution in [0.5, 0.6) is 5.75 Å². The lowest BCUT2D eigenvalue weighted by molar-refractivity contribution is 0.0556. The van der Waals surface area contributed by atoms with Gasteiger partial charge >= 0.3 is 0 Å². The topological polar surface area (TPSA) is 9.23 Å². The van der Waals surface area contributed by atoms with E-state index in [9.17, 15) is 0 Å². The van der Waals surface area contributed by atoms with Gasteiger partial charge in [-0.25, -0.2) is 0 Å². The summed E-state index contributed by atoms with van der Waals surface area (Å²) in [7, 11) is 0. The van der Waals surface area contributed by atoms with E-state index < -0.39 is 0 Å². The Kier molecular flexibility index (Phi) is 3.62. The highest BCUT2D eigenvalue weighted by Crippen LogP contribution is 2.57. The van der Waals surface area contributed by atoms with Crippen molar-refractivity contribution in [3.05, 3.63) is 42.0 Å². The van der Waals surface area contributed by atoms with Crippen LogP contribution in [0.25, 0.3) is 0 Å². The van der Waals surface area contributed by atoms with Crippen LogP contribution in [0.1, 0.15) is 57.9 Å². The van der Waals surface area contributed by atoms with Gasteiger partial charge in [-0.1, -0.05) is 31.2 Å². The van der Waals surface area contributed by atoms with Crippen LogP contribution in [0.3, 0.4) is 0 Å². The van der Waals surface area contributed by atoms with E-state index in [1.807, 2.05) is 19.1 Å². The summed E-state index contributed by atoms with van der Waals surface area (Å²) in [6.07, 6.45) is 12.4. The highest BCUT2D eigenvalue weighted by Gasteiger charge is 2.46. The zero-order chi connectivity index (χ0) is 14.1. The Labute approximate surface area is 123 Å². The van der Waals surface area contributed by atoms with Crippen molar-refractivity contribution in [2.75, 3.05) is 6.61 Å². The van der Waals surface area contributed by atoms with E-state index in [2.05, 4.69) is 31.2 Å². The normalized spacial score (nSPS) is 32.7. The molecule has 20 heavy (non-hydrogen) atoms. The fraction of sp³-hybridized carbons (Fsp3) is 0.579. The molecule has 0 amide bonds. The monoisotopic (exact) mass is 270 g/mol. The minimum absolute atomic E-state index is 0.472. The van der Waals surface area contributed by atoms with Crippen molar-refractivity contribution < 1.29 is 4.74 Å². The Morgan fingerprint density at radius 3 is 2.15 bits per heavy atom. The zero-order valence-corrected chi connectivity index (χ0v) is 12.8. The third-order valence-electron chi connectivity index (χ3n) is 5.67. The molecule has 0 aromatic heterocycles.